The molecule has 0 saturated heterocycles. The maximum Gasteiger partial charge on any atom is 0.357 e. The number of aromatic hydroxyl groups is 1. The molecule has 0 unspecified atom stereocenters. The van der Waals surface area contributed by atoms with Crippen LogP contribution in [0.4, 0.5) is 5.13 Å². The molecule has 13 heteroatoms. The summed E-state index contributed by atoms with van der Waals surface area (Å²) in [5.41, 5.74) is 0.580. The summed E-state index contributed by atoms with van der Waals surface area (Å²) in [4.78, 5) is 48.8. The summed E-state index contributed by atoms with van der Waals surface area (Å²) in [5, 5.41) is 15.3. The van der Waals surface area contributed by atoms with E-state index in [1.54, 1.807) is 42.7 Å². The summed E-state index contributed by atoms with van der Waals surface area (Å²) in [5.74, 6) is -0.693. The first-order chi connectivity index (χ1) is 17.4. The van der Waals surface area contributed by atoms with Gasteiger partial charge in [0.15, 0.2) is 22.3 Å². The second-order valence-electron chi connectivity index (χ2n) is 7.67. The fraction of sp³-hybridized carbons (Fsp3) is 0.174. The molecule has 3 aromatic heterocycles. The third-order valence-electron chi connectivity index (χ3n) is 5.46. The number of fused-ring (bicyclic) bond motifs is 1. The predicted molar refractivity (Wildman–Crippen MR) is 127 cm³/mol. The molecule has 36 heavy (non-hydrogen) atoms. The number of anilines is 1. The van der Waals surface area contributed by atoms with Gasteiger partial charge in [-0.25, -0.2) is 19.1 Å². The predicted octanol–water partition coefficient (Wildman–Crippen LogP) is 2.34. The number of H-pyrrole nitrogens is 1. The summed E-state index contributed by atoms with van der Waals surface area (Å²) in [7, 11) is 1.22. The van der Waals surface area contributed by atoms with E-state index in [0.717, 1.165) is 15.9 Å². The van der Waals surface area contributed by atoms with Crippen LogP contribution in [-0.4, -0.2) is 50.4 Å². The highest BCUT2D eigenvalue weighted by Gasteiger charge is 2.29. The lowest BCUT2D eigenvalue weighted by Gasteiger charge is -2.17. The Kier molecular flexibility index (Phi) is 6.12. The van der Waals surface area contributed by atoms with Crippen LogP contribution in [0.2, 0.25) is 0 Å². The summed E-state index contributed by atoms with van der Waals surface area (Å²) >= 11 is 1.02. The fourth-order valence-corrected chi connectivity index (χ4v) is 4.43. The minimum Gasteiger partial charge on any atom is -0.493 e. The zero-order valence-electron chi connectivity index (χ0n) is 18.8. The van der Waals surface area contributed by atoms with Crippen LogP contribution in [0.25, 0.3) is 11.3 Å². The van der Waals surface area contributed by atoms with Crippen LogP contribution >= 0.6 is 11.3 Å². The monoisotopic (exact) mass is 509 g/mol. The highest BCUT2D eigenvalue weighted by atomic mass is 32.1. The summed E-state index contributed by atoms with van der Waals surface area (Å²) < 4.78 is 16.3. The van der Waals surface area contributed by atoms with Crippen molar-refractivity contribution in [2.75, 3.05) is 19.2 Å². The number of methoxy groups -OCH3 is 1. The lowest BCUT2D eigenvalue weighted by Crippen LogP contribution is -2.33. The van der Waals surface area contributed by atoms with E-state index in [4.69, 9.17) is 9.47 Å². The van der Waals surface area contributed by atoms with Crippen molar-refractivity contribution < 1.29 is 28.9 Å². The third-order valence-corrected chi connectivity index (χ3v) is 6.22. The molecule has 4 heterocycles. The molecule has 0 aliphatic carbocycles. The number of thiazole rings is 1. The molecule has 12 nitrogen and oxygen atoms in total. The molecule has 1 aromatic carbocycles. The molecular formula is C23H19N5O7S. The number of hydrogen-bond acceptors (Lipinski definition) is 10. The number of imidazole rings is 1. The summed E-state index contributed by atoms with van der Waals surface area (Å²) in [6.07, 6.45) is 3.19. The number of hydrogen-bond donors (Lipinski definition) is 3. The molecule has 0 spiro atoms. The van der Waals surface area contributed by atoms with Crippen LogP contribution in [0.3, 0.4) is 0 Å². The zero-order valence-corrected chi connectivity index (χ0v) is 19.6. The van der Waals surface area contributed by atoms with Gasteiger partial charge >= 0.3 is 11.7 Å². The lowest BCUT2D eigenvalue weighted by atomic mass is 10.1. The molecule has 1 aliphatic rings. The maximum absolute atomic E-state index is 13.4. The molecule has 1 amide bonds. The molecule has 184 valence electrons. The molecule has 0 fully saturated rings. The number of nitrogens with zero attached hydrogens (tertiary/aromatic N) is 3. The minimum atomic E-state index is -1.17. The quantitative estimate of drug-likeness (QED) is 0.318. The van der Waals surface area contributed by atoms with E-state index >= 15 is 0 Å². The number of rotatable bonds is 7. The molecule has 1 atom stereocenters. The highest BCUT2D eigenvalue weighted by molar-refractivity contribution is 7.14. The smallest absolute Gasteiger partial charge is 0.357 e. The fourth-order valence-electron chi connectivity index (χ4n) is 3.74. The molecule has 1 aliphatic heterocycles. The number of esters is 1. The molecule has 3 N–H and O–H groups in total. The average molecular weight is 510 g/mol. The molecule has 0 bridgehead atoms. The van der Waals surface area contributed by atoms with Crippen molar-refractivity contribution in [1.29, 1.82) is 0 Å². The Hall–Kier alpha value is -4.65. The molecule has 0 radical (unpaired) electrons. The van der Waals surface area contributed by atoms with Crippen molar-refractivity contribution in [2.24, 2.45) is 0 Å². The van der Waals surface area contributed by atoms with Crippen molar-refractivity contribution in [3.05, 3.63) is 69.8 Å². The van der Waals surface area contributed by atoms with Crippen LogP contribution < -0.4 is 20.5 Å². The highest BCUT2D eigenvalue weighted by Crippen LogP contribution is 2.38. The van der Waals surface area contributed by atoms with Gasteiger partial charge in [-0.3, -0.25) is 9.78 Å². The summed E-state index contributed by atoms with van der Waals surface area (Å²) in [6.45, 7) is 0.0735. The summed E-state index contributed by atoms with van der Waals surface area (Å²) in [6, 6.07) is 7.21. The Bertz CT molecular complexity index is 1490. The zero-order chi connectivity index (χ0) is 25.2. The van der Waals surface area contributed by atoms with E-state index in [9.17, 15) is 19.5 Å². The number of benzene rings is 1. The first-order valence-electron chi connectivity index (χ1n) is 10.6. The van der Waals surface area contributed by atoms with Crippen LogP contribution in [0.5, 0.6) is 17.4 Å². The van der Waals surface area contributed by atoms with Gasteiger partial charge < -0.3 is 29.6 Å². The van der Waals surface area contributed by atoms with Gasteiger partial charge in [-0.1, -0.05) is 6.07 Å². The number of ether oxygens (including phenoxy) is 3. The van der Waals surface area contributed by atoms with Crippen LogP contribution in [-0.2, 0) is 16.0 Å². The van der Waals surface area contributed by atoms with E-state index in [1.807, 2.05) is 0 Å². The number of carbonyl (C=O) groups is 2. The van der Waals surface area contributed by atoms with Gasteiger partial charge in [0.25, 0.3) is 0 Å². The van der Waals surface area contributed by atoms with E-state index < -0.39 is 29.5 Å². The first-order valence-corrected chi connectivity index (χ1v) is 11.5. The first kappa shape index (κ1) is 23.1. The molecule has 0 saturated carbocycles. The van der Waals surface area contributed by atoms with E-state index in [1.165, 1.54) is 12.5 Å². The van der Waals surface area contributed by atoms with Gasteiger partial charge in [-0.2, -0.15) is 0 Å². The number of pyridine rings is 1. The molecular weight excluding hydrogens is 490 g/mol. The van der Waals surface area contributed by atoms with Gasteiger partial charge in [0.2, 0.25) is 18.6 Å². The number of aromatic amines is 1. The Morgan fingerprint density at radius 3 is 2.92 bits per heavy atom. The Labute approximate surface area is 207 Å². The van der Waals surface area contributed by atoms with Crippen molar-refractivity contribution in [3.8, 4) is 28.6 Å². The lowest BCUT2D eigenvalue weighted by molar-refractivity contribution is -0.119. The normalized spacial score (nSPS) is 12.8. The van der Waals surface area contributed by atoms with Crippen molar-refractivity contribution in [2.45, 2.75) is 12.5 Å². The van der Waals surface area contributed by atoms with Gasteiger partial charge in [-0.05, 0) is 29.8 Å². The van der Waals surface area contributed by atoms with Gasteiger partial charge in [-0.15, -0.1) is 11.3 Å². The van der Waals surface area contributed by atoms with E-state index in [-0.39, 0.29) is 29.7 Å². The Balaban J connectivity index is 1.51. The second kappa shape index (κ2) is 9.54. The number of aromatic nitrogens is 4. The van der Waals surface area contributed by atoms with Crippen LogP contribution in [0.1, 0.15) is 22.1 Å². The van der Waals surface area contributed by atoms with Crippen molar-refractivity contribution >= 4 is 28.3 Å². The number of nitrogens with one attached hydrogen (secondary N) is 2. The third kappa shape index (κ3) is 4.38. The Morgan fingerprint density at radius 2 is 2.14 bits per heavy atom. The van der Waals surface area contributed by atoms with Gasteiger partial charge in [0, 0.05) is 29.8 Å². The minimum absolute atomic E-state index is 0.0355. The largest absolute Gasteiger partial charge is 0.493 e. The Morgan fingerprint density at radius 1 is 1.31 bits per heavy atom. The number of carbonyl (C=O) groups excluding carboxylic acids is 2. The van der Waals surface area contributed by atoms with Crippen LogP contribution in [0, 0.1) is 0 Å². The molecule has 4 aromatic rings. The standard InChI is InChI=1S/C23H19N5O7S/c1-33-21(31)14-10-36-22(25-14)27-19(29)15(7-12-3-2-6-24-9-12)28-20(30)18(26-23(28)32)13-4-5-16-17(8-13)35-11-34-16/h2-6,8-10,15,30H,7,11H2,1H3,(H,26,32)(H,25,27,29)/t15-/m0/s1. The van der Waals surface area contributed by atoms with Gasteiger partial charge in [0.05, 0.1) is 7.11 Å². The van der Waals surface area contributed by atoms with Crippen LogP contribution in [0.15, 0.2) is 52.9 Å². The average Bonchev–Trinajstić information content (AvgIpc) is 3.61. The SMILES string of the molecule is COC(=O)c1csc(NC(=O)[C@H](Cc2cccnc2)n2c(O)c(-c3ccc4c(c3)OCO4)[nH]c2=O)n1. The van der Waals surface area contributed by atoms with E-state index in [0.29, 0.717) is 22.6 Å². The maximum atomic E-state index is 13.4. The van der Waals surface area contributed by atoms with Crippen molar-refractivity contribution in [3.63, 3.8) is 0 Å². The van der Waals surface area contributed by atoms with E-state index in [2.05, 4.69) is 25.0 Å². The second-order valence-corrected chi connectivity index (χ2v) is 8.52. The van der Waals surface area contributed by atoms with Gasteiger partial charge in [0.1, 0.15) is 11.7 Å². The van der Waals surface area contributed by atoms with Crippen molar-refractivity contribution in [1.82, 2.24) is 19.5 Å². The topological polar surface area (TPSA) is 158 Å². The molecule has 5 rings (SSSR count). The number of amides is 1.